The summed E-state index contributed by atoms with van der Waals surface area (Å²) in [5.74, 6) is 1.01. The number of hydrogen-bond acceptors (Lipinski definition) is 6. The van der Waals surface area contributed by atoms with Gasteiger partial charge >= 0.3 is 0 Å². The molecule has 9 heteroatoms. The van der Waals surface area contributed by atoms with Crippen molar-refractivity contribution >= 4 is 46.2 Å². The highest BCUT2D eigenvalue weighted by Crippen LogP contribution is 2.29. The molecule has 0 spiro atoms. The number of anilines is 1. The lowest BCUT2D eigenvalue weighted by Crippen LogP contribution is -2.32. The number of ether oxygens (including phenoxy) is 1. The van der Waals surface area contributed by atoms with Crippen molar-refractivity contribution in [2.75, 3.05) is 11.9 Å². The van der Waals surface area contributed by atoms with Crippen molar-refractivity contribution in [3.8, 4) is 28.8 Å². The summed E-state index contributed by atoms with van der Waals surface area (Å²) in [5.41, 5.74) is 1.15. The second-order valence-electron chi connectivity index (χ2n) is 8.47. The molecule has 40 heavy (non-hydrogen) atoms. The first kappa shape index (κ1) is 26.8. The highest BCUT2D eigenvalue weighted by molar-refractivity contribution is 7.07. The molecule has 5 rings (SSSR count). The second-order valence-corrected chi connectivity index (χ2v) is 9.91. The van der Waals surface area contributed by atoms with Crippen LogP contribution in [0.5, 0.6) is 5.75 Å². The van der Waals surface area contributed by atoms with Gasteiger partial charge in [0.15, 0.2) is 5.57 Å². The molecule has 0 unspecified atom stereocenters. The monoisotopic (exact) mass is 567 g/mol. The topological polar surface area (TPSA) is 97.3 Å². The lowest BCUT2D eigenvalue weighted by molar-refractivity contribution is -0.111. The molecule has 3 aromatic carbocycles. The number of carbonyl (C=O) groups is 1. The summed E-state index contributed by atoms with van der Waals surface area (Å²) >= 11 is 7.34. The summed E-state index contributed by atoms with van der Waals surface area (Å²) in [4.78, 5) is 26.9. The van der Waals surface area contributed by atoms with E-state index in [2.05, 4.69) is 5.32 Å². The standard InChI is InChI=1S/C31H22ClN3O4S/c1-2-38-22-14-12-20(13-15-22)34-29(36)25(19-33)31-35(21-8-4-3-5-9-21)30(37)28(40-31)18-23-16-17-27(39-23)24-10-6-7-11-26(24)32/h3-18H,2H2,1H3,(H,34,36). The van der Waals surface area contributed by atoms with E-state index in [1.165, 1.54) is 4.57 Å². The van der Waals surface area contributed by atoms with Crippen molar-refractivity contribution in [2.45, 2.75) is 6.92 Å². The molecule has 1 N–H and O–H groups in total. The smallest absolute Gasteiger partial charge is 0.273 e. The number of benzene rings is 3. The predicted octanol–water partition coefficient (Wildman–Crippen LogP) is 5.35. The SMILES string of the molecule is CCOc1ccc(NC(=O)C(C#N)=c2sc(=Cc3ccc(-c4ccccc4Cl)o3)c(=O)n2-c2ccccc2)cc1. The molecule has 0 aliphatic heterocycles. The Labute approximate surface area is 238 Å². The van der Waals surface area contributed by atoms with Gasteiger partial charge < -0.3 is 14.5 Å². The van der Waals surface area contributed by atoms with Gasteiger partial charge in [0.2, 0.25) is 0 Å². The van der Waals surface area contributed by atoms with Crippen molar-refractivity contribution in [1.29, 1.82) is 5.26 Å². The van der Waals surface area contributed by atoms with Crippen molar-refractivity contribution in [2.24, 2.45) is 0 Å². The summed E-state index contributed by atoms with van der Waals surface area (Å²) < 4.78 is 13.3. The molecule has 0 aliphatic rings. The Hall–Kier alpha value is -4.84. The summed E-state index contributed by atoms with van der Waals surface area (Å²) in [6, 6.07) is 28.5. The van der Waals surface area contributed by atoms with Crippen LogP contribution >= 0.6 is 22.9 Å². The van der Waals surface area contributed by atoms with Gasteiger partial charge in [0, 0.05) is 17.3 Å². The fourth-order valence-electron chi connectivity index (χ4n) is 4.02. The number of halogens is 1. The van der Waals surface area contributed by atoms with Gasteiger partial charge in [-0.15, -0.1) is 11.3 Å². The van der Waals surface area contributed by atoms with Gasteiger partial charge in [-0.25, -0.2) is 0 Å². The number of rotatable bonds is 7. The van der Waals surface area contributed by atoms with Gasteiger partial charge in [0.05, 0.1) is 21.8 Å². The first-order valence-electron chi connectivity index (χ1n) is 12.3. The zero-order valence-corrected chi connectivity index (χ0v) is 22.8. The molecular formula is C31H22ClN3O4S. The maximum atomic E-state index is 13.6. The van der Waals surface area contributed by atoms with E-state index in [0.717, 1.165) is 16.9 Å². The fraction of sp³-hybridized carbons (Fsp3) is 0.0645. The van der Waals surface area contributed by atoms with Gasteiger partial charge in [0.25, 0.3) is 11.5 Å². The van der Waals surface area contributed by atoms with Crippen molar-refractivity contribution in [3.63, 3.8) is 0 Å². The van der Waals surface area contributed by atoms with E-state index in [1.54, 1.807) is 72.8 Å². The Balaban J connectivity index is 1.61. The Morgan fingerprint density at radius 3 is 2.48 bits per heavy atom. The minimum atomic E-state index is -0.636. The maximum Gasteiger partial charge on any atom is 0.273 e. The summed E-state index contributed by atoms with van der Waals surface area (Å²) in [6.07, 6.45) is 1.59. The molecule has 0 saturated carbocycles. The first-order chi connectivity index (χ1) is 19.5. The lowest BCUT2D eigenvalue weighted by atomic mass is 10.2. The van der Waals surface area contributed by atoms with E-state index in [0.29, 0.717) is 44.8 Å². The van der Waals surface area contributed by atoms with E-state index in [9.17, 15) is 14.9 Å². The van der Waals surface area contributed by atoms with Gasteiger partial charge in [-0.1, -0.05) is 41.9 Å². The number of carbonyl (C=O) groups excluding carboxylic acids is 1. The molecule has 2 aromatic heterocycles. The van der Waals surface area contributed by atoms with E-state index >= 15 is 0 Å². The Bertz CT molecular complexity index is 1900. The molecule has 0 bridgehead atoms. The predicted molar refractivity (Wildman–Crippen MR) is 157 cm³/mol. The van der Waals surface area contributed by atoms with Crippen LogP contribution < -0.4 is 24.8 Å². The molecule has 7 nitrogen and oxygen atoms in total. The quantitative estimate of drug-likeness (QED) is 0.286. The van der Waals surface area contributed by atoms with Crippen LogP contribution in [0.1, 0.15) is 12.7 Å². The fourth-order valence-corrected chi connectivity index (χ4v) is 5.33. The number of aromatic nitrogens is 1. The Morgan fingerprint density at radius 2 is 1.77 bits per heavy atom. The number of thiazole rings is 1. The molecule has 0 saturated heterocycles. The molecular weight excluding hydrogens is 546 g/mol. The largest absolute Gasteiger partial charge is 0.494 e. The van der Waals surface area contributed by atoms with Gasteiger partial charge in [0.1, 0.15) is 28.0 Å². The highest BCUT2D eigenvalue weighted by atomic mass is 35.5. The van der Waals surface area contributed by atoms with E-state index < -0.39 is 5.91 Å². The third-order valence-corrected chi connectivity index (χ3v) is 7.28. The molecule has 0 aliphatic carbocycles. The number of nitrogens with one attached hydrogen (secondary N) is 1. The molecule has 0 radical (unpaired) electrons. The minimum absolute atomic E-state index is 0.198. The lowest BCUT2D eigenvalue weighted by Gasteiger charge is -2.07. The van der Waals surface area contributed by atoms with E-state index in [1.807, 2.05) is 37.3 Å². The van der Waals surface area contributed by atoms with Crippen LogP contribution in [0.3, 0.4) is 0 Å². The average Bonchev–Trinajstić information content (AvgIpc) is 3.55. The number of furan rings is 1. The van der Waals surface area contributed by atoms with Crippen LogP contribution in [-0.4, -0.2) is 17.1 Å². The molecule has 2 heterocycles. The average molecular weight is 568 g/mol. The molecule has 5 aromatic rings. The van der Waals surface area contributed by atoms with E-state index in [4.69, 9.17) is 20.8 Å². The Kier molecular flexibility index (Phi) is 7.97. The summed E-state index contributed by atoms with van der Waals surface area (Å²) in [6.45, 7) is 2.40. The van der Waals surface area contributed by atoms with Crippen LogP contribution in [0, 0.1) is 11.3 Å². The third-order valence-electron chi connectivity index (χ3n) is 5.85. The van der Waals surface area contributed by atoms with Crippen molar-refractivity contribution in [3.05, 3.63) is 121 Å². The van der Waals surface area contributed by atoms with Crippen LogP contribution in [0.2, 0.25) is 5.02 Å². The number of nitriles is 1. The van der Waals surface area contributed by atoms with Crippen LogP contribution in [-0.2, 0) is 4.79 Å². The zero-order chi connectivity index (χ0) is 28.1. The zero-order valence-electron chi connectivity index (χ0n) is 21.3. The Morgan fingerprint density at radius 1 is 1.05 bits per heavy atom. The van der Waals surface area contributed by atoms with Crippen molar-refractivity contribution in [1.82, 2.24) is 4.57 Å². The highest BCUT2D eigenvalue weighted by Gasteiger charge is 2.18. The maximum absolute atomic E-state index is 13.6. The van der Waals surface area contributed by atoms with Gasteiger partial charge in [-0.2, -0.15) is 5.26 Å². The van der Waals surface area contributed by atoms with Gasteiger partial charge in [-0.3, -0.25) is 14.2 Å². The number of hydrogen-bond donors (Lipinski definition) is 1. The van der Waals surface area contributed by atoms with Crippen LogP contribution in [0.15, 0.2) is 100 Å². The summed E-state index contributed by atoms with van der Waals surface area (Å²) in [5, 5.41) is 13.3. The van der Waals surface area contributed by atoms with Crippen LogP contribution in [0.25, 0.3) is 28.7 Å². The normalized spacial score (nSPS) is 12.1. The number of nitrogens with zero attached hydrogens (tertiary/aromatic N) is 2. The molecule has 198 valence electrons. The molecule has 0 fully saturated rings. The second kappa shape index (κ2) is 11.9. The van der Waals surface area contributed by atoms with Crippen LogP contribution in [0.4, 0.5) is 5.69 Å². The third kappa shape index (κ3) is 5.61. The number of amides is 1. The van der Waals surface area contributed by atoms with Gasteiger partial charge in [-0.05, 0) is 67.6 Å². The molecule has 1 amide bonds. The van der Waals surface area contributed by atoms with E-state index in [-0.39, 0.29) is 15.8 Å². The first-order valence-corrected chi connectivity index (χ1v) is 13.5. The molecule has 0 atom stereocenters. The number of para-hydroxylation sites is 1. The minimum Gasteiger partial charge on any atom is -0.494 e. The van der Waals surface area contributed by atoms with Crippen molar-refractivity contribution < 1.29 is 13.9 Å². The summed E-state index contributed by atoms with van der Waals surface area (Å²) in [7, 11) is 0.